The number of hydrogen-bond donors (Lipinski definition) is 3. The topological polar surface area (TPSA) is 127 Å². The number of nitrogens with one attached hydrogen (secondary N) is 2. The van der Waals surface area contributed by atoms with Gasteiger partial charge < -0.3 is 20.5 Å². The van der Waals surface area contributed by atoms with Crippen LogP contribution in [0.3, 0.4) is 0 Å². The number of aromatic nitrogens is 1. The molecule has 1 heterocycles. The summed E-state index contributed by atoms with van der Waals surface area (Å²) >= 11 is 0. The average Bonchev–Trinajstić information content (AvgIpc) is 2.62. The van der Waals surface area contributed by atoms with Crippen LogP contribution in [0.4, 0.5) is 16.2 Å². The van der Waals surface area contributed by atoms with Gasteiger partial charge in [-0.05, 0) is 39.7 Å². The van der Waals surface area contributed by atoms with Crippen LogP contribution < -0.4 is 10.6 Å². The minimum absolute atomic E-state index is 0.149. The summed E-state index contributed by atoms with van der Waals surface area (Å²) in [5.41, 5.74) is 0.235. The van der Waals surface area contributed by atoms with E-state index in [9.17, 15) is 20.0 Å². The Morgan fingerprint density at radius 3 is 2.71 bits per heavy atom. The van der Waals surface area contributed by atoms with Gasteiger partial charge in [-0.15, -0.1) is 0 Å². The first-order valence-corrected chi connectivity index (χ1v) is 9.07. The molecule has 1 unspecified atom stereocenters. The number of ether oxygens (including phenoxy) is 1. The van der Waals surface area contributed by atoms with Crippen LogP contribution >= 0.6 is 0 Å². The molecule has 1 amide bonds. The Morgan fingerprint density at radius 2 is 2.07 bits per heavy atom. The van der Waals surface area contributed by atoms with Gasteiger partial charge in [0.1, 0.15) is 17.5 Å². The van der Waals surface area contributed by atoms with Crippen molar-refractivity contribution < 1.29 is 19.6 Å². The van der Waals surface area contributed by atoms with Crippen molar-refractivity contribution in [3.63, 3.8) is 0 Å². The molecule has 0 aliphatic heterocycles. The molecule has 0 aliphatic rings. The quantitative estimate of drug-likeness (QED) is 0.359. The van der Waals surface area contributed by atoms with Crippen LogP contribution in [0.25, 0.3) is 10.9 Å². The molecule has 152 valence electrons. The smallest absolute Gasteiger partial charge is 0.407 e. The SMILES string of the molecule is CC(C)(C)OC(=O)NCCCC(CO)Nc1c([N+](=O)[O-])cnc2ccccc12. The Hall–Kier alpha value is -2.94. The van der Waals surface area contributed by atoms with Crippen molar-refractivity contribution >= 4 is 28.4 Å². The number of pyridine rings is 1. The van der Waals surface area contributed by atoms with E-state index in [1.165, 1.54) is 6.20 Å². The predicted molar refractivity (Wildman–Crippen MR) is 106 cm³/mol. The van der Waals surface area contributed by atoms with Crippen LogP contribution in [-0.4, -0.2) is 45.9 Å². The van der Waals surface area contributed by atoms with Gasteiger partial charge in [0.15, 0.2) is 0 Å². The van der Waals surface area contributed by atoms with Crippen LogP contribution in [0.5, 0.6) is 0 Å². The number of carbonyl (C=O) groups excluding carboxylic acids is 1. The second kappa shape index (κ2) is 9.32. The number of anilines is 1. The minimum Gasteiger partial charge on any atom is -0.444 e. The van der Waals surface area contributed by atoms with Crippen molar-refractivity contribution in [2.45, 2.75) is 45.3 Å². The molecular formula is C19H26N4O5. The highest BCUT2D eigenvalue weighted by Crippen LogP contribution is 2.32. The Kier molecular flexibility index (Phi) is 7.11. The zero-order valence-corrected chi connectivity index (χ0v) is 16.3. The van der Waals surface area contributed by atoms with Crippen LogP contribution in [0, 0.1) is 10.1 Å². The van der Waals surface area contributed by atoms with Gasteiger partial charge in [0.05, 0.1) is 17.0 Å². The number of rotatable bonds is 8. The van der Waals surface area contributed by atoms with Crippen molar-refractivity contribution in [1.29, 1.82) is 0 Å². The number of carbonyl (C=O) groups is 1. The Bertz CT molecular complexity index is 835. The van der Waals surface area contributed by atoms with E-state index in [0.717, 1.165) is 0 Å². The summed E-state index contributed by atoms with van der Waals surface area (Å²) in [6, 6.07) is 6.68. The fourth-order valence-electron chi connectivity index (χ4n) is 2.69. The molecule has 9 nitrogen and oxygen atoms in total. The maximum absolute atomic E-state index is 11.6. The third-order valence-electron chi connectivity index (χ3n) is 3.92. The Morgan fingerprint density at radius 1 is 1.36 bits per heavy atom. The number of amides is 1. The normalized spacial score (nSPS) is 12.4. The minimum atomic E-state index is -0.569. The molecule has 2 aromatic rings. The van der Waals surface area contributed by atoms with E-state index in [4.69, 9.17) is 4.74 Å². The largest absolute Gasteiger partial charge is 0.444 e. The van der Waals surface area contributed by atoms with Crippen molar-refractivity contribution in [2.75, 3.05) is 18.5 Å². The number of hydrogen-bond acceptors (Lipinski definition) is 7. The van der Waals surface area contributed by atoms with E-state index >= 15 is 0 Å². The highest BCUT2D eigenvalue weighted by Gasteiger charge is 2.21. The van der Waals surface area contributed by atoms with E-state index in [1.54, 1.807) is 45.0 Å². The first-order chi connectivity index (χ1) is 13.2. The van der Waals surface area contributed by atoms with Gasteiger partial charge in [0, 0.05) is 18.0 Å². The van der Waals surface area contributed by atoms with Crippen molar-refractivity contribution in [2.24, 2.45) is 0 Å². The number of benzene rings is 1. The number of aliphatic hydroxyl groups excluding tert-OH is 1. The molecule has 3 N–H and O–H groups in total. The van der Waals surface area contributed by atoms with E-state index in [-0.39, 0.29) is 12.3 Å². The molecule has 0 radical (unpaired) electrons. The third-order valence-corrected chi connectivity index (χ3v) is 3.92. The molecule has 0 fully saturated rings. The van der Waals surface area contributed by atoms with Crippen LogP contribution in [0.2, 0.25) is 0 Å². The summed E-state index contributed by atoms with van der Waals surface area (Å²) in [7, 11) is 0. The second-order valence-corrected chi connectivity index (χ2v) is 7.39. The van der Waals surface area contributed by atoms with Gasteiger partial charge >= 0.3 is 11.8 Å². The lowest BCUT2D eigenvalue weighted by Gasteiger charge is -2.21. The lowest BCUT2D eigenvalue weighted by molar-refractivity contribution is -0.384. The average molecular weight is 390 g/mol. The maximum atomic E-state index is 11.6. The fraction of sp³-hybridized carbons (Fsp3) is 0.474. The molecule has 0 aliphatic carbocycles. The molecule has 1 aromatic heterocycles. The molecular weight excluding hydrogens is 364 g/mol. The van der Waals surface area contributed by atoms with Gasteiger partial charge in [0.25, 0.3) is 0 Å². The van der Waals surface area contributed by atoms with Crippen molar-refractivity contribution in [1.82, 2.24) is 10.3 Å². The van der Waals surface area contributed by atoms with Crippen LogP contribution in [0.15, 0.2) is 30.5 Å². The van der Waals surface area contributed by atoms with Gasteiger partial charge in [-0.25, -0.2) is 9.78 Å². The first-order valence-electron chi connectivity index (χ1n) is 9.07. The summed E-state index contributed by atoms with van der Waals surface area (Å²) in [6.45, 7) is 5.51. The van der Waals surface area contributed by atoms with E-state index in [1.807, 2.05) is 0 Å². The van der Waals surface area contributed by atoms with Gasteiger partial charge in [-0.3, -0.25) is 10.1 Å². The summed E-state index contributed by atoms with van der Waals surface area (Å²) in [5, 5.41) is 27.4. The number of fused-ring (bicyclic) bond motifs is 1. The molecule has 0 saturated carbocycles. The van der Waals surface area contributed by atoms with Gasteiger partial charge in [-0.1, -0.05) is 18.2 Å². The highest BCUT2D eigenvalue weighted by atomic mass is 16.6. The molecule has 28 heavy (non-hydrogen) atoms. The lowest BCUT2D eigenvalue weighted by atomic mass is 10.1. The summed E-state index contributed by atoms with van der Waals surface area (Å²) in [5.74, 6) is 0. The van der Waals surface area contributed by atoms with E-state index < -0.39 is 22.7 Å². The third kappa shape index (κ3) is 6.05. The Balaban J connectivity index is 2.02. The number of aliphatic hydroxyl groups is 1. The number of nitrogens with zero attached hydrogens (tertiary/aromatic N) is 2. The van der Waals surface area contributed by atoms with E-state index in [0.29, 0.717) is 36.0 Å². The standard InChI is InChI=1S/C19H26N4O5/c1-19(2,3)28-18(25)20-10-6-7-13(12-24)22-17-14-8-4-5-9-15(14)21-11-16(17)23(26)27/h4-5,8-9,11,13,24H,6-7,10,12H2,1-3H3,(H,20,25)(H,21,22). The van der Waals surface area contributed by atoms with Crippen LogP contribution in [-0.2, 0) is 4.74 Å². The zero-order valence-electron chi connectivity index (χ0n) is 16.3. The summed E-state index contributed by atoms with van der Waals surface area (Å²) in [4.78, 5) is 26.7. The van der Waals surface area contributed by atoms with Gasteiger partial charge in [0.2, 0.25) is 0 Å². The molecule has 0 bridgehead atoms. The summed E-state index contributed by atoms with van der Waals surface area (Å²) < 4.78 is 5.16. The molecule has 1 aromatic carbocycles. The monoisotopic (exact) mass is 390 g/mol. The fourth-order valence-corrected chi connectivity index (χ4v) is 2.69. The van der Waals surface area contributed by atoms with Crippen LogP contribution in [0.1, 0.15) is 33.6 Å². The van der Waals surface area contributed by atoms with Gasteiger partial charge in [-0.2, -0.15) is 0 Å². The number of nitro groups is 1. The number of para-hydroxylation sites is 1. The highest BCUT2D eigenvalue weighted by molar-refractivity contribution is 5.95. The molecule has 0 spiro atoms. The predicted octanol–water partition coefficient (Wildman–Crippen LogP) is 3.22. The van der Waals surface area contributed by atoms with E-state index in [2.05, 4.69) is 15.6 Å². The lowest BCUT2D eigenvalue weighted by Crippen LogP contribution is -2.33. The Labute approximate surface area is 163 Å². The van der Waals surface area contributed by atoms with Crippen molar-refractivity contribution in [3.05, 3.63) is 40.6 Å². The molecule has 2 rings (SSSR count). The number of alkyl carbamates (subject to hydrolysis) is 1. The molecule has 0 saturated heterocycles. The maximum Gasteiger partial charge on any atom is 0.407 e. The summed E-state index contributed by atoms with van der Waals surface area (Å²) in [6.07, 6.45) is 1.77. The second-order valence-electron chi connectivity index (χ2n) is 7.39. The molecule has 9 heteroatoms. The first kappa shape index (κ1) is 21.4. The van der Waals surface area contributed by atoms with Crippen molar-refractivity contribution in [3.8, 4) is 0 Å². The molecule has 1 atom stereocenters. The zero-order chi connectivity index (χ0) is 20.7.